The van der Waals surface area contributed by atoms with Crippen molar-refractivity contribution in [1.82, 2.24) is 10.4 Å². The van der Waals surface area contributed by atoms with E-state index in [2.05, 4.69) is 17.3 Å². The zero-order chi connectivity index (χ0) is 14.4. The molecule has 2 rings (SSSR count). The second kappa shape index (κ2) is 7.24. The van der Waals surface area contributed by atoms with E-state index in [9.17, 15) is 0 Å². The van der Waals surface area contributed by atoms with Crippen LogP contribution in [-0.4, -0.2) is 11.6 Å². The predicted octanol–water partition coefficient (Wildman–Crippen LogP) is 3.08. The number of benzene rings is 1. The number of rotatable bonds is 6. The van der Waals surface area contributed by atoms with Gasteiger partial charge in [-0.05, 0) is 30.2 Å². The molecular weight excluding hydrogens is 274 g/mol. The van der Waals surface area contributed by atoms with Gasteiger partial charge >= 0.3 is 0 Å². The first kappa shape index (κ1) is 14.8. The van der Waals surface area contributed by atoms with E-state index in [-0.39, 0.29) is 6.04 Å². The normalized spacial score (nSPS) is 12.2. The Bertz CT molecular complexity index is 562. The van der Waals surface area contributed by atoms with Crippen molar-refractivity contribution in [2.75, 3.05) is 6.61 Å². The molecule has 0 aliphatic heterocycles. The summed E-state index contributed by atoms with van der Waals surface area (Å²) in [5, 5.41) is 0.440. The lowest BCUT2D eigenvalue weighted by molar-refractivity contribution is 0.311. The molecule has 0 bridgehead atoms. The van der Waals surface area contributed by atoms with E-state index in [1.165, 1.54) is 0 Å². The van der Waals surface area contributed by atoms with Crippen LogP contribution in [0.15, 0.2) is 42.6 Å². The maximum Gasteiger partial charge on any atom is 0.129 e. The highest BCUT2D eigenvalue weighted by Crippen LogP contribution is 2.30. The molecule has 0 radical (unpaired) electrons. The average molecular weight is 292 g/mol. The van der Waals surface area contributed by atoms with Gasteiger partial charge in [-0.25, -0.2) is 10.4 Å². The molecule has 1 heterocycles. The van der Waals surface area contributed by atoms with Crippen molar-refractivity contribution in [3.63, 3.8) is 0 Å². The molecule has 0 fully saturated rings. The highest BCUT2D eigenvalue weighted by atomic mass is 35.5. The topological polar surface area (TPSA) is 60.2 Å². The first-order valence-electron chi connectivity index (χ1n) is 6.55. The van der Waals surface area contributed by atoms with Crippen molar-refractivity contribution in [3.05, 3.63) is 58.9 Å². The molecule has 3 N–H and O–H groups in total. The summed E-state index contributed by atoms with van der Waals surface area (Å²) in [7, 11) is 0. The summed E-state index contributed by atoms with van der Waals surface area (Å²) in [5.74, 6) is 6.54. The summed E-state index contributed by atoms with van der Waals surface area (Å²) in [6, 6.07) is 11.3. The second-order valence-corrected chi connectivity index (χ2v) is 4.79. The van der Waals surface area contributed by atoms with Crippen LogP contribution in [0, 0.1) is 0 Å². The van der Waals surface area contributed by atoms with E-state index in [1.54, 1.807) is 12.3 Å². The van der Waals surface area contributed by atoms with Crippen LogP contribution in [0.1, 0.15) is 30.5 Å². The summed E-state index contributed by atoms with van der Waals surface area (Å²) in [5.41, 5.74) is 4.73. The Kier molecular flexibility index (Phi) is 5.35. The lowest BCUT2D eigenvalue weighted by Crippen LogP contribution is -2.29. The van der Waals surface area contributed by atoms with Crippen LogP contribution in [0.5, 0.6) is 5.75 Å². The van der Waals surface area contributed by atoms with Crippen molar-refractivity contribution < 1.29 is 4.74 Å². The van der Waals surface area contributed by atoms with E-state index in [0.717, 1.165) is 23.3 Å². The van der Waals surface area contributed by atoms with Crippen LogP contribution in [0.2, 0.25) is 5.15 Å². The van der Waals surface area contributed by atoms with Gasteiger partial charge in [-0.2, -0.15) is 0 Å². The molecule has 0 saturated heterocycles. The quantitative estimate of drug-likeness (QED) is 0.488. The number of halogens is 1. The second-order valence-electron chi connectivity index (χ2n) is 4.40. The van der Waals surface area contributed by atoms with E-state index in [1.807, 2.05) is 30.3 Å². The Morgan fingerprint density at radius 2 is 2.15 bits per heavy atom. The molecule has 2 aromatic rings. The zero-order valence-corrected chi connectivity index (χ0v) is 12.1. The summed E-state index contributed by atoms with van der Waals surface area (Å²) in [6.45, 7) is 2.75. The van der Waals surface area contributed by atoms with Crippen molar-refractivity contribution in [2.45, 2.75) is 19.4 Å². The van der Waals surface area contributed by atoms with E-state index in [0.29, 0.717) is 11.8 Å². The van der Waals surface area contributed by atoms with Crippen molar-refractivity contribution in [2.24, 2.45) is 5.84 Å². The van der Waals surface area contributed by atoms with Crippen molar-refractivity contribution in [1.29, 1.82) is 0 Å². The van der Waals surface area contributed by atoms with Gasteiger partial charge in [0.05, 0.1) is 12.6 Å². The van der Waals surface area contributed by atoms with Gasteiger partial charge in [0.1, 0.15) is 10.9 Å². The zero-order valence-electron chi connectivity index (χ0n) is 11.3. The molecule has 0 saturated carbocycles. The first-order chi connectivity index (χ1) is 9.76. The fourth-order valence-electron chi connectivity index (χ4n) is 2.03. The molecule has 5 heteroatoms. The lowest BCUT2D eigenvalue weighted by atomic mass is 9.99. The largest absolute Gasteiger partial charge is 0.493 e. The molecule has 106 valence electrons. The molecule has 0 aliphatic carbocycles. The molecule has 1 aromatic heterocycles. The van der Waals surface area contributed by atoms with Gasteiger partial charge in [0.15, 0.2) is 0 Å². The third-order valence-corrected chi connectivity index (χ3v) is 3.15. The number of hydrogen-bond donors (Lipinski definition) is 2. The molecule has 1 aromatic carbocycles. The number of hydrogen-bond acceptors (Lipinski definition) is 4. The van der Waals surface area contributed by atoms with Gasteiger partial charge in [0, 0.05) is 11.8 Å². The fourth-order valence-corrected chi connectivity index (χ4v) is 2.21. The third kappa shape index (κ3) is 3.48. The molecule has 0 amide bonds. The van der Waals surface area contributed by atoms with Crippen LogP contribution >= 0.6 is 11.6 Å². The van der Waals surface area contributed by atoms with Crippen LogP contribution < -0.4 is 16.0 Å². The van der Waals surface area contributed by atoms with Crippen LogP contribution in [-0.2, 0) is 0 Å². The monoisotopic (exact) mass is 291 g/mol. The standard InChI is InChI=1S/C15H18ClN3O/c1-2-9-20-13-6-4-3-5-12(13)15(19-17)11-7-8-18-14(16)10-11/h3-8,10,15,19H,2,9,17H2,1H3. The number of pyridine rings is 1. The maximum absolute atomic E-state index is 5.95. The number of hydrazine groups is 1. The SMILES string of the molecule is CCCOc1ccccc1C(NN)c1ccnc(Cl)c1. The highest BCUT2D eigenvalue weighted by molar-refractivity contribution is 6.29. The molecule has 1 atom stereocenters. The highest BCUT2D eigenvalue weighted by Gasteiger charge is 2.17. The van der Waals surface area contributed by atoms with E-state index >= 15 is 0 Å². The molecule has 1 unspecified atom stereocenters. The number of nitrogens with two attached hydrogens (primary N) is 1. The van der Waals surface area contributed by atoms with Gasteiger partial charge < -0.3 is 4.74 Å². The lowest BCUT2D eigenvalue weighted by Gasteiger charge is -2.20. The van der Waals surface area contributed by atoms with E-state index in [4.69, 9.17) is 22.2 Å². The van der Waals surface area contributed by atoms with Crippen LogP contribution in [0.25, 0.3) is 0 Å². The number of aromatic nitrogens is 1. The van der Waals surface area contributed by atoms with E-state index < -0.39 is 0 Å². The predicted molar refractivity (Wildman–Crippen MR) is 80.6 cm³/mol. The average Bonchev–Trinajstić information content (AvgIpc) is 2.47. The van der Waals surface area contributed by atoms with Gasteiger partial charge in [-0.1, -0.05) is 36.7 Å². The molecule has 0 aliphatic rings. The fraction of sp³-hybridized carbons (Fsp3) is 0.267. The van der Waals surface area contributed by atoms with Gasteiger partial charge in [0.25, 0.3) is 0 Å². The number of para-hydroxylation sites is 1. The van der Waals surface area contributed by atoms with Gasteiger partial charge in [-0.3, -0.25) is 5.84 Å². The number of nitrogens with one attached hydrogen (secondary N) is 1. The third-order valence-electron chi connectivity index (χ3n) is 2.94. The summed E-state index contributed by atoms with van der Waals surface area (Å²) in [4.78, 5) is 3.99. The Balaban J connectivity index is 2.36. The first-order valence-corrected chi connectivity index (χ1v) is 6.93. The van der Waals surface area contributed by atoms with Gasteiger partial charge in [-0.15, -0.1) is 0 Å². The smallest absolute Gasteiger partial charge is 0.129 e. The van der Waals surface area contributed by atoms with Crippen LogP contribution in [0.4, 0.5) is 0 Å². The summed E-state index contributed by atoms with van der Waals surface area (Å²) in [6.07, 6.45) is 2.62. The van der Waals surface area contributed by atoms with Crippen LogP contribution in [0.3, 0.4) is 0 Å². The summed E-state index contributed by atoms with van der Waals surface area (Å²) >= 11 is 5.95. The Hall–Kier alpha value is -1.62. The summed E-state index contributed by atoms with van der Waals surface area (Å²) < 4.78 is 5.78. The molecule has 4 nitrogen and oxygen atoms in total. The minimum absolute atomic E-state index is 0.191. The van der Waals surface area contributed by atoms with Crippen molar-refractivity contribution >= 4 is 11.6 Å². The molecular formula is C15H18ClN3O. The maximum atomic E-state index is 5.95. The minimum Gasteiger partial charge on any atom is -0.493 e. The number of nitrogens with zero attached hydrogens (tertiary/aromatic N) is 1. The molecule has 0 spiro atoms. The van der Waals surface area contributed by atoms with Gasteiger partial charge in [0.2, 0.25) is 0 Å². The Morgan fingerprint density at radius 3 is 2.85 bits per heavy atom. The number of ether oxygens (including phenoxy) is 1. The Morgan fingerprint density at radius 1 is 1.35 bits per heavy atom. The Labute approximate surface area is 123 Å². The van der Waals surface area contributed by atoms with Crippen molar-refractivity contribution in [3.8, 4) is 5.75 Å². The minimum atomic E-state index is -0.191. The molecule has 20 heavy (non-hydrogen) atoms.